The number of H-pyrrole nitrogens is 1. The molecule has 0 atom stereocenters. The fourth-order valence-corrected chi connectivity index (χ4v) is 3.87. The Morgan fingerprint density at radius 3 is 2.65 bits per heavy atom. The quantitative estimate of drug-likeness (QED) is 0.368. The summed E-state index contributed by atoms with van der Waals surface area (Å²) < 4.78 is 7.30. The highest BCUT2D eigenvalue weighted by Gasteiger charge is 2.08. The Kier molecular flexibility index (Phi) is 6.27. The van der Waals surface area contributed by atoms with Crippen LogP contribution >= 0.6 is 39.1 Å². The minimum absolute atomic E-state index is 0.268. The van der Waals surface area contributed by atoms with Crippen molar-refractivity contribution in [3.8, 4) is 5.75 Å². The van der Waals surface area contributed by atoms with E-state index in [0.717, 1.165) is 10.2 Å². The maximum atomic E-state index is 12.5. The van der Waals surface area contributed by atoms with Crippen LogP contribution in [0.3, 0.4) is 0 Å². The van der Waals surface area contributed by atoms with Gasteiger partial charge in [-0.3, -0.25) is 4.79 Å². The minimum Gasteiger partial charge on any atom is -0.488 e. The predicted molar refractivity (Wildman–Crippen MR) is 127 cm³/mol. The van der Waals surface area contributed by atoms with Gasteiger partial charge in [-0.15, -0.1) is 4.68 Å². The molecule has 4 rings (SSSR count). The van der Waals surface area contributed by atoms with Crippen molar-refractivity contribution < 1.29 is 4.74 Å². The fraction of sp³-hybridized carbons (Fsp3) is 0.0455. The van der Waals surface area contributed by atoms with E-state index in [0.29, 0.717) is 36.7 Å². The Bertz CT molecular complexity index is 1430. The lowest BCUT2D eigenvalue weighted by atomic mass is 10.2. The number of halogens is 3. The average molecular weight is 519 g/mol. The van der Waals surface area contributed by atoms with Crippen LogP contribution < -0.4 is 16.0 Å². The molecule has 0 aliphatic rings. The number of nitrogens with zero attached hydrogens (tertiary/aromatic N) is 2. The standard InChI is InChI=1S/C22H14BrCl2N3O3/c23-17-9-13(5-8-20(17)31-12-14-6-7-15(24)10-18(14)25)11-26-28-21(29)16-3-1-2-4-19(16)27-22(28)30/h1-11H,12H2,(H,27,30). The Balaban J connectivity index is 1.55. The van der Waals surface area contributed by atoms with Gasteiger partial charge in [0, 0.05) is 15.6 Å². The van der Waals surface area contributed by atoms with Crippen molar-refractivity contribution in [2.75, 3.05) is 0 Å². The van der Waals surface area contributed by atoms with Crippen LogP contribution in [0.15, 0.2) is 79.8 Å². The summed E-state index contributed by atoms with van der Waals surface area (Å²) in [6.07, 6.45) is 1.43. The number of rotatable bonds is 5. The highest BCUT2D eigenvalue weighted by molar-refractivity contribution is 9.10. The lowest BCUT2D eigenvalue weighted by Crippen LogP contribution is -2.32. The number of aromatic amines is 1. The predicted octanol–water partition coefficient (Wildman–Crippen LogP) is 5.22. The van der Waals surface area contributed by atoms with E-state index in [4.69, 9.17) is 27.9 Å². The van der Waals surface area contributed by atoms with Gasteiger partial charge in [0.25, 0.3) is 5.56 Å². The highest BCUT2D eigenvalue weighted by Crippen LogP contribution is 2.28. The molecule has 0 saturated heterocycles. The summed E-state index contributed by atoms with van der Waals surface area (Å²) in [5.74, 6) is 0.601. The molecule has 1 heterocycles. The van der Waals surface area contributed by atoms with E-state index in [1.807, 2.05) is 0 Å². The number of hydrogen-bond acceptors (Lipinski definition) is 4. The first-order valence-electron chi connectivity index (χ1n) is 9.07. The van der Waals surface area contributed by atoms with Crippen LogP contribution in [-0.4, -0.2) is 15.9 Å². The van der Waals surface area contributed by atoms with Gasteiger partial charge >= 0.3 is 5.69 Å². The number of hydrogen-bond donors (Lipinski definition) is 1. The van der Waals surface area contributed by atoms with Crippen LogP contribution in [0.4, 0.5) is 0 Å². The molecule has 0 amide bonds. The summed E-state index contributed by atoms with van der Waals surface area (Å²) >= 11 is 15.5. The fourth-order valence-electron chi connectivity index (χ4n) is 2.89. The second kappa shape index (κ2) is 9.09. The van der Waals surface area contributed by atoms with Crippen LogP contribution in [0, 0.1) is 0 Å². The van der Waals surface area contributed by atoms with Gasteiger partial charge in [-0.2, -0.15) is 5.10 Å². The second-order valence-electron chi connectivity index (χ2n) is 6.55. The van der Waals surface area contributed by atoms with Gasteiger partial charge in [0.05, 0.1) is 21.6 Å². The zero-order valence-electron chi connectivity index (χ0n) is 15.8. The van der Waals surface area contributed by atoms with Crippen molar-refractivity contribution >= 4 is 56.2 Å². The van der Waals surface area contributed by atoms with E-state index in [2.05, 4.69) is 26.0 Å². The molecule has 0 aliphatic carbocycles. The van der Waals surface area contributed by atoms with Crippen molar-refractivity contribution in [3.05, 3.63) is 107 Å². The zero-order chi connectivity index (χ0) is 22.0. The largest absolute Gasteiger partial charge is 0.488 e. The molecular formula is C22H14BrCl2N3O3. The molecule has 4 aromatic rings. The summed E-state index contributed by atoms with van der Waals surface area (Å²) in [5, 5.41) is 5.52. The summed E-state index contributed by atoms with van der Waals surface area (Å²) in [4.78, 5) is 27.4. The molecule has 3 aromatic carbocycles. The lowest BCUT2D eigenvalue weighted by Gasteiger charge is -2.10. The molecule has 31 heavy (non-hydrogen) atoms. The maximum Gasteiger partial charge on any atom is 0.349 e. The molecule has 9 heteroatoms. The molecule has 0 spiro atoms. The molecular weight excluding hydrogens is 505 g/mol. The SMILES string of the molecule is O=c1[nH]c2ccccc2c(=O)n1N=Cc1ccc(OCc2ccc(Cl)cc2Cl)c(Br)c1. The average Bonchev–Trinajstić information content (AvgIpc) is 2.74. The first kappa shape index (κ1) is 21.4. The van der Waals surface area contributed by atoms with Crippen molar-refractivity contribution in [1.29, 1.82) is 0 Å². The first-order chi connectivity index (χ1) is 14.9. The molecule has 0 saturated carbocycles. The van der Waals surface area contributed by atoms with E-state index >= 15 is 0 Å². The number of benzene rings is 3. The van der Waals surface area contributed by atoms with Crippen LogP contribution in [0.2, 0.25) is 10.0 Å². The Morgan fingerprint density at radius 2 is 1.87 bits per heavy atom. The van der Waals surface area contributed by atoms with Gasteiger partial charge in [-0.05, 0) is 64.0 Å². The topological polar surface area (TPSA) is 76.5 Å². The van der Waals surface area contributed by atoms with E-state index in [1.54, 1.807) is 60.7 Å². The summed E-state index contributed by atoms with van der Waals surface area (Å²) in [6.45, 7) is 0.268. The Labute approximate surface area is 194 Å². The number of ether oxygens (including phenoxy) is 1. The third kappa shape index (κ3) is 4.74. The maximum absolute atomic E-state index is 12.5. The van der Waals surface area contributed by atoms with Crippen LogP contribution in [0.25, 0.3) is 10.9 Å². The molecule has 1 N–H and O–H groups in total. The highest BCUT2D eigenvalue weighted by atomic mass is 79.9. The van der Waals surface area contributed by atoms with Gasteiger partial charge in [-0.1, -0.05) is 41.4 Å². The molecule has 0 aliphatic heterocycles. The number of fused-ring (bicyclic) bond motifs is 1. The molecule has 0 unspecified atom stereocenters. The monoisotopic (exact) mass is 517 g/mol. The third-order valence-corrected chi connectivity index (χ3v) is 5.67. The van der Waals surface area contributed by atoms with Crippen molar-refractivity contribution in [2.24, 2.45) is 5.10 Å². The lowest BCUT2D eigenvalue weighted by molar-refractivity contribution is 0.304. The molecule has 0 radical (unpaired) electrons. The van der Waals surface area contributed by atoms with Gasteiger partial charge in [-0.25, -0.2) is 4.79 Å². The number of para-hydroxylation sites is 1. The van der Waals surface area contributed by atoms with Gasteiger partial charge in [0.1, 0.15) is 12.4 Å². The Morgan fingerprint density at radius 1 is 1.06 bits per heavy atom. The van der Waals surface area contributed by atoms with Crippen molar-refractivity contribution in [3.63, 3.8) is 0 Å². The third-order valence-electron chi connectivity index (χ3n) is 4.46. The van der Waals surface area contributed by atoms with Crippen molar-refractivity contribution in [1.82, 2.24) is 9.66 Å². The molecule has 1 aromatic heterocycles. The normalized spacial score (nSPS) is 11.3. The number of nitrogens with one attached hydrogen (secondary N) is 1. The van der Waals surface area contributed by atoms with Crippen LogP contribution in [-0.2, 0) is 6.61 Å². The summed E-state index contributed by atoms with van der Waals surface area (Å²) in [7, 11) is 0. The van der Waals surface area contributed by atoms with Crippen LogP contribution in [0.1, 0.15) is 11.1 Å². The van der Waals surface area contributed by atoms with E-state index in [9.17, 15) is 9.59 Å². The van der Waals surface area contributed by atoms with E-state index in [1.165, 1.54) is 6.21 Å². The molecule has 0 fully saturated rings. The van der Waals surface area contributed by atoms with Gasteiger partial charge in [0.2, 0.25) is 0 Å². The second-order valence-corrected chi connectivity index (χ2v) is 8.25. The van der Waals surface area contributed by atoms with Crippen molar-refractivity contribution in [2.45, 2.75) is 6.61 Å². The molecule has 6 nitrogen and oxygen atoms in total. The summed E-state index contributed by atoms with van der Waals surface area (Å²) in [6, 6.07) is 17.3. The first-order valence-corrected chi connectivity index (χ1v) is 10.6. The van der Waals surface area contributed by atoms with Gasteiger partial charge in [0.15, 0.2) is 0 Å². The van der Waals surface area contributed by atoms with E-state index < -0.39 is 11.2 Å². The molecule has 0 bridgehead atoms. The zero-order valence-corrected chi connectivity index (χ0v) is 18.9. The minimum atomic E-state index is -0.612. The summed E-state index contributed by atoms with van der Waals surface area (Å²) in [5.41, 5.74) is 0.837. The van der Waals surface area contributed by atoms with E-state index in [-0.39, 0.29) is 6.61 Å². The molecule has 156 valence electrons. The van der Waals surface area contributed by atoms with Crippen LogP contribution in [0.5, 0.6) is 5.75 Å². The number of aromatic nitrogens is 2. The smallest absolute Gasteiger partial charge is 0.349 e. The Hall–Kier alpha value is -2.87. The van der Waals surface area contributed by atoms with Gasteiger partial charge < -0.3 is 9.72 Å².